The molecule has 29 heavy (non-hydrogen) atoms. The Bertz CT molecular complexity index is 869. The van der Waals surface area contributed by atoms with Crippen molar-refractivity contribution in [1.82, 2.24) is 10.2 Å². The van der Waals surface area contributed by atoms with E-state index in [4.69, 9.17) is 32.7 Å². The van der Waals surface area contributed by atoms with Crippen molar-refractivity contribution < 1.29 is 14.3 Å². The Hall–Kier alpha value is -1.95. The molecule has 2 aliphatic rings. The van der Waals surface area contributed by atoms with E-state index in [9.17, 15) is 4.79 Å². The summed E-state index contributed by atoms with van der Waals surface area (Å²) in [5, 5.41) is 4.19. The molecule has 0 saturated carbocycles. The van der Waals surface area contributed by atoms with Crippen LogP contribution in [-0.2, 0) is 11.3 Å². The first kappa shape index (κ1) is 20.3. The number of para-hydroxylation sites is 2. The number of carbonyl (C=O) groups is 1. The fourth-order valence-electron chi connectivity index (χ4n) is 3.77. The summed E-state index contributed by atoms with van der Waals surface area (Å²) in [6, 6.07) is 13.3. The van der Waals surface area contributed by atoms with Gasteiger partial charge in [0.2, 0.25) is 5.91 Å². The van der Waals surface area contributed by atoms with Crippen molar-refractivity contribution in [3.05, 3.63) is 58.1 Å². The Morgan fingerprint density at radius 1 is 1.07 bits per heavy atom. The zero-order valence-electron chi connectivity index (χ0n) is 16.1. The fraction of sp³-hybridized carbons (Fsp3) is 0.409. The molecule has 0 bridgehead atoms. The lowest BCUT2D eigenvalue weighted by atomic mass is 9.95. The maximum Gasteiger partial charge on any atom is 0.223 e. The van der Waals surface area contributed by atoms with Crippen LogP contribution in [0.2, 0.25) is 10.0 Å². The lowest BCUT2D eigenvalue weighted by Gasteiger charge is -2.32. The zero-order valence-corrected chi connectivity index (χ0v) is 17.6. The molecule has 1 amide bonds. The molecule has 0 radical (unpaired) electrons. The first-order valence-corrected chi connectivity index (χ1v) is 10.7. The summed E-state index contributed by atoms with van der Waals surface area (Å²) in [4.78, 5) is 14.9. The molecule has 0 unspecified atom stereocenters. The van der Waals surface area contributed by atoms with Gasteiger partial charge in [-0.15, -0.1) is 0 Å². The van der Waals surface area contributed by atoms with Gasteiger partial charge in [-0.1, -0.05) is 41.4 Å². The van der Waals surface area contributed by atoms with Crippen molar-refractivity contribution in [3.63, 3.8) is 0 Å². The Balaban J connectivity index is 1.21. The second-order valence-corrected chi connectivity index (χ2v) is 8.36. The number of piperidine rings is 1. The molecule has 154 valence electrons. The first-order chi connectivity index (χ1) is 14.1. The van der Waals surface area contributed by atoms with Crippen LogP contribution in [-0.4, -0.2) is 43.2 Å². The third-order valence-corrected chi connectivity index (χ3v) is 6.16. The van der Waals surface area contributed by atoms with E-state index in [0.717, 1.165) is 49.5 Å². The predicted molar refractivity (Wildman–Crippen MR) is 114 cm³/mol. The SMILES string of the molecule is O=C(NC[C@@H]1COc2ccccc2O1)C1CCN(Cc2ccc(Cl)c(Cl)c2)CC1. The van der Waals surface area contributed by atoms with Crippen LogP contribution in [0.3, 0.4) is 0 Å². The Labute approximate surface area is 180 Å². The second kappa shape index (κ2) is 9.24. The minimum atomic E-state index is -0.163. The number of halogens is 2. The zero-order chi connectivity index (χ0) is 20.2. The van der Waals surface area contributed by atoms with Gasteiger partial charge in [0.25, 0.3) is 0 Å². The van der Waals surface area contributed by atoms with Crippen LogP contribution in [0.4, 0.5) is 0 Å². The van der Waals surface area contributed by atoms with Gasteiger partial charge in [-0.2, -0.15) is 0 Å². The summed E-state index contributed by atoms with van der Waals surface area (Å²) in [5.41, 5.74) is 1.14. The van der Waals surface area contributed by atoms with Crippen LogP contribution >= 0.6 is 23.2 Å². The molecule has 2 aromatic rings. The summed E-state index contributed by atoms with van der Waals surface area (Å²) < 4.78 is 11.6. The monoisotopic (exact) mass is 434 g/mol. The van der Waals surface area contributed by atoms with Crippen LogP contribution in [0, 0.1) is 5.92 Å². The van der Waals surface area contributed by atoms with Crippen molar-refractivity contribution in [3.8, 4) is 11.5 Å². The van der Waals surface area contributed by atoms with Crippen LogP contribution in [0.5, 0.6) is 11.5 Å². The van der Waals surface area contributed by atoms with Crippen LogP contribution in [0.1, 0.15) is 18.4 Å². The van der Waals surface area contributed by atoms with Crippen LogP contribution in [0.15, 0.2) is 42.5 Å². The van der Waals surface area contributed by atoms with Crippen molar-refractivity contribution in [2.45, 2.75) is 25.5 Å². The van der Waals surface area contributed by atoms with E-state index in [2.05, 4.69) is 10.2 Å². The number of nitrogens with zero attached hydrogens (tertiary/aromatic N) is 1. The first-order valence-electron chi connectivity index (χ1n) is 9.91. The van der Waals surface area contributed by atoms with Gasteiger partial charge in [0.05, 0.1) is 16.6 Å². The van der Waals surface area contributed by atoms with Gasteiger partial charge in [-0.3, -0.25) is 9.69 Å². The van der Waals surface area contributed by atoms with Gasteiger partial charge < -0.3 is 14.8 Å². The van der Waals surface area contributed by atoms with E-state index >= 15 is 0 Å². The number of nitrogens with one attached hydrogen (secondary N) is 1. The molecule has 1 N–H and O–H groups in total. The minimum absolute atomic E-state index is 0.0388. The Morgan fingerprint density at radius 2 is 1.83 bits per heavy atom. The molecule has 2 heterocycles. The number of ether oxygens (including phenoxy) is 2. The normalized spacial score (nSPS) is 19.7. The number of benzene rings is 2. The fourth-order valence-corrected chi connectivity index (χ4v) is 4.09. The summed E-state index contributed by atoms with van der Waals surface area (Å²) in [6.07, 6.45) is 1.53. The molecule has 2 aliphatic heterocycles. The van der Waals surface area contributed by atoms with Crippen molar-refractivity contribution in [1.29, 1.82) is 0 Å². The van der Waals surface area contributed by atoms with Gasteiger partial charge in [-0.25, -0.2) is 0 Å². The maximum absolute atomic E-state index is 12.6. The van der Waals surface area contributed by atoms with Crippen molar-refractivity contribution in [2.24, 2.45) is 5.92 Å². The summed E-state index contributed by atoms with van der Waals surface area (Å²) in [5.74, 6) is 1.62. The standard InChI is InChI=1S/C22H24Cl2N2O3/c23-18-6-5-15(11-19(18)24)13-26-9-7-16(8-10-26)22(27)25-12-17-14-28-20-3-1-2-4-21(20)29-17/h1-6,11,16-17H,7-10,12-14H2,(H,25,27)/t17-/m1/s1. The molecule has 0 spiro atoms. The summed E-state index contributed by atoms with van der Waals surface area (Å²) in [6.45, 7) is 3.48. The molecule has 4 rings (SSSR count). The average molecular weight is 435 g/mol. The number of likely N-dealkylation sites (tertiary alicyclic amines) is 1. The third kappa shape index (κ3) is 5.16. The smallest absolute Gasteiger partial charge is 0.223 e. The Morgan fingerprint density at radius 3 is 2.59 bits per heavy atom. The van der Waals surface area contributed by atoms with Crippen molar-refractivity contribution >= 4 is 29.1 Å². The highest BCUT2D eigenvalue weighted by molar-refractivity contribution is 6.42. The topological polar surface area (TPSA) is 50.8 Å². The number of rotatable bonds is 5. The molecule has 7 heteroatoms. The van der Waals surface area contributed by atoms with E-state index in [1.165, 1.54) is 0 Å². The van der Waals surface area contributed by atoms with Gasteiger partial charge in [0.15, 0.2) is 11.5 Å². The van der Waals surface area contributed by atoms with E-state index in [0.29, 0.717) is 23.2 Å². The van der Waals surface area contributed by atoms with Gasteiger partial charge in [0.1, 0.15) is 12.7 Å². The van der Waals surface area contributed by atoms with E-state index in [1.54, 1.807) is 0 Å². The van der Waals surface area contributed by atoms with Crippen LogP contribution in [0.25, 0.3) is 0 Å². The lowest BCUT2D eigenvalue weighted by molar-refractivity contribution is -0.127. The highest BCUT2D eigenvalue weighted by atomic mass is 35.5. The van der Waals surface area contributed by atoms with Gasteiger partial charge in [-0.05, 0) is 55.8 Å². The number of hydrogen-bond donors (Lipinski definition) is 1. The van der Waals surface area contributed by atoms with E-state index in [1.807, 2.05) is 42.5 Å². The largest absolute Gasteiger partial charge is 0.486 e. The predicted octanol–water partition coefficient (Wildman–Crippen LogP) is 4.16. The van der Waals surface area contributed by atoms with Crippen LogP contribution < -0.4 is 14.8 Å². The third-order valence-electron chi connectivity index (χ3n) is 5.42. The number of hydrogen-bond acceptors (Lipinski definition) is 4. The number of amides is 1. The van der Waals surface area contributed by atoms with Crippen molar-refractivity contribution in [2.75, 3.05) is 26.2 Å². The number of carbonyl (C=O) groups excluding carboxylic acids is 1. The minimum Gasteiger partial charge on any atom is -0.486 e. The van der Waals surface area contributed by atoms with E-state index in [-0.39, 0.29) is 17.9 Å². The molecule has 0 aliphatic carbocycles. The quantitative estimate of drug-likeness (QED) is 0.767. The van der Waals surface area contributed by atoms with E-state index < -0.39 is 0 Å². The molecular formula is C22H24Cl2N2O3. The number of fused-ring (bicyclic) bond motifs is 1. The maximum atomic E-state index is 12.6. The molecular weight excluding hydrogens is 411 g/mol. The average Bonchev–Trinajstić information content (AvgIpc) is 2.75. The molecule has 1 atom stereocenters. The summed E-state index contributed by atoms with van der Waals surface area (Å²) >= 11 is 12.1. The molecule has 5 nitrogen and oxygen atoms in total. The summed E-state index contributed by atoms with van der Waals surface area (Å²) in [7, 11) is 0. The molecule has 1 saturated heterocycles. The second-order valence-electron chi connectivity index (χ2n) is 7.54. The highest BCUT2D eigenvalue weighted by Gasteiger charge is 2.27. The highest BCUT2D eigenvalue weighted by Crippen LogP contribution is 2.30. The van der Waals surface area contributed by atoms with Gasteiger partial charge in [0, 0.05) is 12.5 Å². The molecule has 2 aromatic carbocycles. The lowest BCUT2D eigenvalue weighted by Crippen LogP contribution is -2.45. The van der Waals surface area contributed by atoms with Gasteiger partial charge >= 0.3 is 0 Å². The Kier molecular flexibility index (Phi) is 6.48. The molecule has 0 aromatic heterocycles. The molecule has 1 fully saturated rings.